The van der Waals surface area contributed by atoms with Gasteiger partial charge in [-0.1, -0.05) is 6.92 Å². The minimum Gasteiger partial charge on any atom is -0.497 e. The highest BCUT2D eigenvalue weighted by molar-refractivity contribution is 5.81. The Hall–Kier alpha value is -1.75. The summed E-state index contributed by atoms with van der Waals surface area (Å²) in [5, 5.41) is 9.22. The molecule has 17 heavy (non-hydrogen) atoms. The molecule has 0 aliphatic carbocycles. The van der Waals surface area contributed by atoms with Gasteiger partial charge < -0.3 is 20.3 Å². The van der Waals surface area contributed by atoms with Gasteiger partial charge in [-0.2, -0.15) is 0 Å². The maximum Gasteiger partial charge on any atom is 0.328 e. The standard InChI is InChI=1S/C12H17NO4/c1-4-12(13,11(14)15)9-6-5-8(16-2)7-10(9)17-3/h5-7H,4,13H2,1-3H3,(H,14,15). The Labute approximate surface area is 100 Å². The molecule has 1 rings (SSSR count). The van der Waals surface area contributed by atoms with Crippen molar-refractivity contribution in [1.29, 1.82) is 0 Å². The van der Waals surface area contributed by atoms with E-state index in [-0.39, 0.29) is 6.42 Å². The highest BCUT2D eigenvalue weighted by Gasteiger charge is 2.36. The van der Waals surface area contributed by atoms with Crippen LogP contribution in [0, 0.1) is 0 Å². The number of nitrogens with two attached hydrogens (primary N) is 1. The van der Waals surface area contributed by atoms with Crippen LogP contribution in [0.5, 0.6) is 11.5 Å². The molecule has 0 fully saturated rings. The third-order valence-corrected chi connectivity index (χ3v) is 2.83. The maximum atomic E-state index is 11.3. The highest BCUT2D eigenvalue weighted by atomic mass is 16.5. The van der Waals surface area contributed by atoms with E-state index in [9.17, 15) is 9.90 Å². The summed E-state index contributed by atoms with van der Waals surface area (Å²) in [6.45, 7) is 1.72. The van der Waals surface area contributed by atoms with Gasteiger partial charge >= 0.3 is 5.97 Å². The Morgan fingerprint density at radius 1 is 1.41 bits per heavy atom. The van der Waals surface area contributed by atoms with E-state index in [1.807, 2.05) is 0 Å². The average molecular weight is 239 g/mol. The van der Waals surface area contributed by atoms with Crippen LogP contribution < -0.4 is 15.2 Å². The van der Waals surface area contributed by atoms with E-state index in [0.717, 1.165) is 0 Å². The molecule has 0 aromatic heterocycles. The lowest BCUT2D eigenvalue weighted by atomic mass is 9.87. The van der Waals surface area contributed by atoms with Crippen molar-refractivity contribution >= 4 is 5.97 Å². The molecule has 0 saturated carbocycles. The van der Waals surface area contributed by atoms with Gasteiger partial charge in [0.2, 0.25) is 0 Å². The number of hydrogen-bond acceptors (Lipinski definition) is 4. The van der Waals surface area contributed by atoms with Crippen molar-refractivity contribution in [2.24, 2.45) is 5.73 Å². The van der Waals surface area contributed by atoms with E-state index < -0.39 is 11.5 Å². The van der Waals surface area contributed by atoms with Gasteiger partial charge in [-0.3, -0.25) is 0 Å². The van der Waals surface area contributed by atoms with Gasteiger partial charge in [0.25, 0.3) is 0 Å². The molecule has 5 heteroatoms. The Bertz CT molecular complexity index is 419. The summed E-state index contributed by atoms with van der Waals surface area (Å²) in [6.07, 6.45) is 0.269. The number of benzene rings is 1. The fraction of sp³-hybridized carbons (Fsp3) is 0.417. The molecule has 94 valence electrons. The summed E-state index contributed by atoms with van der Waals surface area (Å²) >= 11 is 0. The summed E-state index contributed by atoms with van der Waals surface area (Å²) in [4.78, 5) is 11.3. The second-order valence-corrected chi connectivity index (χ2v) is 3.70. The van der Waals surface area contributed by atoms with Gasteiger partial charge in [0.1, 0.15) is 17.0 Å². The number of hydrogen-bond donors (Lipinski definition) is 2. The molecule has 1 unspecified atom stereocenters. The molecule has 0 aliphatic heterocycles. The second kappa shape index (κ2) is 5.05. The number of carboxylic acid groups (broad SMARTS) is 1. The molecule has 5 nitrogen and oxygen atoms in total. The van der Waals surface area contributed by atoms with E-state index in [2.05, 4.69) is 0 Å². The Morgan fingerprint density at radius 3 is 2.47 bits per heavy atom. The number of ether oxygens (including phenoxy) is 2. The van der Waals surface area contributed by atoms with E-state index in [1.165, 1.54) is 14.2 Å². The fourth-order valence-corrected chi connectivity index (χ4v) is 1.62. The number of rotatable bonds is 5. The van der Waals surface area contributed by atoms with Crippen molar-refractivity contribution in [1.82, 2.24) is 0 Å². The zero-order valence-electron chi connectivity index (χ0n) is 10.2. The summed E-state index contributed by atoms with van der Waals surface area (Å²) in [5.41, 5.74) is 4.90. The highest BCUT2D eigenvalue weighted by Crippen LogP contribution is 2.33. The molecule has 0 spiro atoms. The van der Waals surface area contributed by atoms with Crippen molar-refractivity contribution in [2.45, 2.75) is 18.9 Å². The van der Waals surface area contributed by atoms with Crippen LogP contribution in [0.15, 0.2) is 18.2 Å². The molecule has 0 saturated heterocycles. The molecule has 0 heterocycles. The molecule has 0 bridgehead atoms. The Morgan fingerprint density at radius 2 is 2.06 bits per heavy atom. The van der Waals surface area contributed by atoms with Crippen LogP contribution in [0.4, 0.5) is 0 Å². The second-order valence-electron chi connectivity index (χ2n) is 3.70. The first-order valence-corrected chi connectivity index (χ1v) is 5.24. The number of carbonyl (C=O) groups is 1. The summed E-state index contributed by atoms with van der Waals surface area (Å²) < 4.78 is 10.2. The molecule has 1 atom stereocenters. The molecule has 1 aromatic carbocycles. The minimum absolute atomic E-state index is 0.269. The van der Waals surface area contributed by atoms with Crippen LogP contribution in [0.3, 0.4) is 0 Å². The van der Waals surface area contributed by atoms with E-state index in [1.54, 1.807) is 25.1 Å². The quantitative estimate of drug-likeness (QED) is 0.810. The first-order valence-electron chi connectivity index (χ1n) is 5.24. The summed E-state index contributed by atoms with van der Waals surface area (Å²) in [6, 6.07) is 4.91. The van der Waals surface area contributed by atoms with Gasteiger partial charge in [-0.05, 0) is 18.6 Å². The predicted molar refractivity (Wildman–Crippen MR) is 63.3 cm³/mol. The van der Waals surface area contributed by atoms with Gasteiger partial charge in [0.05, 0.1) is 14.2 Å². The number of aliphatic carboxylic acids is 1. The molecule has 0 amide bonds. The zero-order valence-corrected chi connectivity index (χ0v) is 10.2. The molecule has 3 N–H and O–H groups in total. The first-order chi connectivity index (χ1) is 7.99. The number of carboxylic acids is 1. The molecule has 0 aliphatic rings. The lowest BCUT2D eigenvalue weighted by Crippen LogP contribution is -2.44. The lowest BCUT2D eigenvalue weighted by molar-refractivity contribution is -0.144. The summed E-state index contributed by atoms with van der Waals surface area (Å²) in [7, 11) is 3.00. The van der Waals surface area contributed by atoms with Crippen LogP contribution in [-0.4, -0.2) is 25.3 Å². The van der Waals surface area contributed by atoms with Crippen molar-refractivity contribution in [3.05, 3.63) is 23.8 Å². The zero-order chi connectivity index (χ0) is 13.1. The van der Waals surface area contributed by atoms with Crippen LogP contribution in [0.2, 0.25) is 0 Å². The Kier molecular flexibility index (Phi) is 3.96. The van der Waals surface area contributed by atoms with E-state index in [0.29, 0.717) is 17.1 Å². The van der Waals surface area contributed by atoms with E-state index in [4.69, 9.17) is 15.2 Å². The van der Waals surface area contributed by atoms with Crippen LogP contribution in [-0.2, 0) is 10.3 Å². The number of methoxy groups -OCH3 is 2. The molecular weight excluding hydrogens is 222 g/mol. The monoisotopic (exact) mass is 239 g/mol. The first kappa shape index (κ1) is 13.3. The van der Waals surface area contributed by atoms with Crippen molar-refractivity contribution in [3.8, 4) is 11.5 Å². The summed E-state index contributed by atoms with van der Waals surface area (Å²) in [5.74, 6) is -0.0750. The largest absolute Gasteiger partial charge is 0.497 e. The maximum absolute atomic E-state index is 11.3. The normalized spacial score (nSPS) is 13.9. The van der Waals surface area contributed by atoms with Crippen LogP contribution in [0.25, 0.3) is 0 Å². The van der Waals surface area contributed by atoms with Gasteiger partial charge in [-0.25, -0.2) is 4.79 Å². The average Bonchev–Trinajstić information content (AvgIpc) is 2.36. The lowest BCUT2D eigenvalue weighted by Gasteiger charge is -2.25. The molecule has 1 aromatic rings. The predicted octanol–water partition coefficient (Wildman–Crippen LogP) is 1.35. The van der Waals surface area contributed by atoms with Crippen LogP contribution >= 0.6 is 0 Å². The van der Waals surface area contributed by atoms with Crippen LogP contribution in [0.1, 0.15) is 18.9 Å². The van der Waals surface area contributed by atoms with Crippen molar-refractivity contribution in [3.63, 3.8) is 0 Å². The van der Waals surface area contributed by atoms with Gasteiger partial charge in [0.15, 0.2) is 0 Å². The van der Waals surface area contributed by atoms with Gasteiger partial charge in [0, 0.05) is 11.6 Å². The minimum atomic E-state index is -1.45. The van der Waals surface area contributed by atoms with Crippen molar-refractivity contribution in [2.75, 3.05) is 14.2 Å². The Balaban J connectivity index is 3.34. The van der Waals surface area contributed by atoms with Crippen molar-refractivity contribution < 1.29 is 19.4 Å². The van der Waals surface area contributed by atoms with E-state index >= 15 is 0 Å². The fourth-order valence-electron chi connectivity index (χ4n) is 1.62. The molecular formula is C12H17NO4. The smallest absolute Gasteiger partial charge is 0.328 e. The SMILES string of the molecule is CCC(N)(C(=O)O)c1ccc(OC)cc1OC. The van der Waals surface area contributed by atoms with Gasteiger partial charge in [-0.15, -0.1) is 0 Å². The third-order valence-electron chi connectivity index (χ3n) is 2.83. The third kappa shape index (κ3) is 2.34. The molecule has 0 radical (unpaired) electrons. The topological polar surface area (TPSA) is 81.8 Å².